The molecule has 0 fully saturated rings. The van der Waals surface area contributed by atoms with E-state index in [1.54, 1.807) is 0 Å². The molecule has 0 aliphatic carbocycles. The second-order valence-electron chi connectivity index (χ2n) is 23.4. The Hall–Kier alpha value is -5.48. The molecule has 1 aliphatic heterocycles. The fourth-order valence-electron chi connectivity index (χ4n) is 11.1. The summed E-state index contributed by atoms with van der Waals surface area (Å²) in [6, 6.07) is 64.9. The predicted octanol–water partition coefficient (Wildman–Crippen LogP) is 19.3. The molecule has 6 heteroatoms. The molecule has 0 saturated carbocycles. The SMILES string of the molecule is CC(C)c1cc(C(c2ccccc2)c2ccccc2)c(N([AsH]B2N(c3c(C(C)C)cccc3C(C)C)C=CN2c2c(C(C)C)cccc2C(C)C)[Si](C)(C)C)c(C(c2ccccc2)c2ccccc2)c1.CCCCC. The molecule has 1 unspecified atom stereocenters. The van der Waals surface area contributed by atoms with Crippen LogP contribution in [-0.4, -0.2) is 29.7 Å². The molecule has 0 saturated heterocycles. The number of hydrogen-bond donors (Lipinski definition) is 0. The zero-order chi connectivity index (χ0) is 54.0. The molecule has 7 aromatic carbocycles. The number of benzene rings is 7. The van der Waals surface area contributed by atoms with Crippen LogP contribution in [0, 0.1) is 0 Å². The van der Waals surface area contributed by atoms with E-state index >= 15 is 0 Å². The first-order chi connectivity index (χ1) is 36.0. The van der Waals surface area contributed by atoms with Crippen molar-refractivity contribution in [1.29, 1.82) is 0 Å². The molecule has 0 amide bonds. The van der Waals surface area contributed by atoms with Crippen LogP contribution < -0.4 is 13.1 Å². The summed E-state index contributed by atoms with van der Waals surface area (Å²) in [4.78, 5) is 5.50. The van der Waals surface area contributed by atoms with E-state index in [-0.39, 0.29) is 17.5 Å². The maximum atomic E-state index is 3.09. The Balaban J connectivity index is 0.00000157. The Kier molecular flexibility index (Phi) is 19.9. The number of nitrogens with zero attached hydrogens (tertiary/aromatic N) is 3. The standard InChI is InChI=1S/C64H77AsBN3Si.C5H12/c1-44(2)53-42-58(60(49-28-18-14-19-29-49)50-30-20-15-21-31-50)64(59(43-53)61(51-32-22-16-23-33-51)52-34-24-17-25-35-52)69(70(11,12)13)65-66-67(62-54(45(3)4)36-26-37-55(62)46(5)6)40-41-68(66)63-56(47(7)8)38-27-39-57(63)48(9)10;1-3-5-4-2/h14-48,60-61,65H,1-13H3;3-5H2,1-2H3. The molecular formula is C69H89AsBN3Si. The summed E-state index contributed by atoms with van der Waals surface area (Å²) in [6.07, 6.45) is 9.00. The third-order valence-corrected chi connectivity index (χ3v) is 24.1. The van der Waals surface area contributed by atoms with E-state index in [1.165, 1.54) is 97.5 Å². The number of para-hydroxylation sites is 2. The van der Waals surface area contributed by atoms with Gasteiger partial charge in [0.1, 0.15) is 0 Å². The van der Waals surface area contributed by atoms with Gasteiger partial charge in [-0.05, 0) is 0 Å². The van der Waals surface area contributed by atoms with Gasteiger partial charge in [-0.3, -0.25) is 0 Å². The zero-order valence-electron chi connectivity index (χ0n) is 48.4. The van der Waals surface area contributed by atoms with Gasteiger partial charge in [-0.2, -0.15) is 0 Å². The van der Waals surface area contributed by atoms with Crippen molar-refractivity contribution in [1.82, 2.24) is 0 Å². The van der Waals surface area contributed by atoms with Gasteiger partial charge in [-0.25, -0.2) is 0 Å². The molecular weight excluding hydrogens is 985 g/mol. The number of unbranched alkanes of at least 4 members (excludes halogenated alkanes) is 2. The third kappa shape index (κ3) is 13.2. The first kappa shape index (κ1) is 57.2. The van der Waals surface area contributed by atoms with E-state index in [9.17, 15) is 0 Å². The van der Waals surface area contributed by atoms with E-state index in [1.807, 2.05) is 0 Å². The van der Waals surface area contributed by atoms with Gasteiger partial charge in [-0.15, -0.1) is 0 Å². The van der Waals surface area contributed by atoms with Crippen LogP contribution in [0.25, 0.3) is 0 Å². The monoisotopic (exact) mass is 1070 g/mol. The van der Waals surface area contributed by atoms with Gasteiger partial charge in [0.2, 0.25) is 0 Å². The minimum absolute atomic E-state index is 0.00447. The van der Waals surface area contributed by atoms with Crippen LogP contribution in [0.5, 0.6) is 0 Å². The van der Waals surface area contributed by atoms with Gasteiger partial charge >= 0.3 is 434 Å². The van der Waals surface area contributed by atoms with Gasteiger partial charge in [0, 0.05) is 0 Å². The minimum atomic E-state index is -2.29. The molecule has 75 heavy (non-hydrogen) atoms. The van der Waals surface area contributed by atoms with Crippen molar-refractivity contribution < 1.29 is 0 Å². The van der Waals surface area contributed by atoms with Crippen molar-refractivity contribution in [3.63, 3.8) is 0 Å². The first-order valence-electron chi connectivity index (χ1n) is 28.4. The van der Waals surface area contributed by atoms with Crippen LogP contribution in [0.3, 0.4) is 0 Å². The molecule has 0 N–H and O–H groups in total. The van der Waals surface area contributed by atoms with Crippen LogP contribution >= 0.6 is 0 Å². The van der Waals surface area contributed by atoms with Crippen LogP contribution in [0.1, 0.15) is 205 Å². The summed E-state index contributed by atoms with van der Waals surface area (Å²) < 4.78 is 3.09. The second kappa shape index (κ2) is 26.0. The Morgan fingerprint density at radius 3 is 0.947 bits per heavy atom. The summed E-state index contributed by atoms with van der Waals surface area (Å²) >= 11 is -1.11. The third-order valence-electron chi connectivity index (χ3n) is 15.0. The topological polar surface area (TPSA) is 9.72 Å². The van der Waals surface area contributed by atoms with Gasteiger partial charge < -0.3 is 0 Å². The van der Waals surface area contributed by atoms with Crippen LogP contribution in [0.4, 0.5) is 17.1 Å². The number of rotatable bonds is 19. The van der Waals surface area contributed by atoms with Gasteiger partial charge in [0.05, 0.1) is 0 Å². The Morgan fingerprint density at radius 1 is 0.400 bits per heavy atom. The van der Waals surface area contributed by atoms with E-state index < -0.39 is 24.0 Å². The average Bonchev–Trinajstić information content (AvgIpc) is 3.83. The smallest absolute Gasteiger partial charge is 0.0538 e. The van der Waals surface area contributed by atoms with Crippen molar-refractivity contribution in [2.24, 2.45) is 0 Å². The summed E-state index contributed by atoms with van der Waals surface area (Å²) in [5, 5.41) is 0. The van der Waals surface area contributed by atoms with Crippen molar-refractivity contribution in [2.45, 2.75) is 163 Å². The molecule has 0 aromatic heterocycles. The molecule has 392 valence electrons. The fourth-order valence-corrected chi connectivity index (χ4v) is 18.1. The Bertz CT molecular complexity index is 2600. The summed E-state index contributed by atoms with van der Waals surface area (Å²) in [6.45, 7) is 36.0. The average molecular weight is 1070 g/mol. The van der Waals surface area contributed by atoms with Crippen molar-refractivity contribution >= 4 is 46.8 Å². The van der Waals surface area contributed by atoms with E-state index in [2.05, 4.69) is 298 Å². The maximum Gasteiger partial charge on any atom is -0.0538 e. The van der Waals surface area contributed by atoms with E-state index in [4.69, 9.17) is 0 Å². The molecule has 0 radical (unpaired) electrons. The first-order valence-corrected chi connectivity index (χ1v) is 34.0. The van der Waals surface area contributed by atoms with E-state index in [0.29, 0.717) is 29.6 Å². The summed E-state index contributed by atoms with van der Waals surface area (Å²) in [5.41, 5.74) is 19.4. The summed E-state index contributed by atoms with van der Waals surface area (Å²) in [5.74, 6) is 1.75. The van der Waals surface area contributed by atoms with Gasteiger partial charge in [-0.1, -0.05) is 33.1 Å². The molecule has 3 nitrogen and oxygen atoms in total. The number of hydrogen-bond acceptors (Lipinski definition) is 3. The molecule has 7 aromatic rings. The molecule has 1 atom stereocenters. The van der Waals surface area contributed by atoms with Crippen molar-refractivity contribution in [3.8, 4) is 0 Å². The summed E-state index contributed by atoms with van der Waals surface area (Å²) in [7, 11) is -2.29. The van der Waals surface area contributed by atoms with Crippen molar-refractivity contribution in [3.05, 3.63) is 243 Å². The van der Waals surface area contributed by atoms with Crippen molar-refractivity contribution in [2.75, 3.05) is 13.1 Å². The normalized spacial score (nSPS) is 13.0. The van der Waals surface area contributed by atoms with E-state index in [0.717, 1.165) is 0 Å². The molecule has 1 heterocycles. The second-order valence-corrected chi connectivity index (χ2v) is 31.7. The molecule has 1 aliphatic rings. The predicted molar refractivity (Wildman–Crippen MR) is 335 cm³/mol. The molecule has 0 spiro atoms. The van der Waals surface area contributed by atoms with Crippen LogP contribution in [0.2, 0.25) is 19.6 Å². The Morgan fingerprint density at radius 2 is 0.707 bits per heavy atom. The van der Waals surface area contributed by atoms with Crippen LogP contribution in [0.15, 0.2) is 182 Å². The van der Waals surface area contributed by atoms with Crippen LogP contribution in [-0.2, 0) is 0 Å². The molecule has 8 rings (SSSR count). The number of anilines is 3. The quantitative estimate of drug-likeness (QED) is 0.0590. The minimum Gasteiger partial charge on any atom is -0.0654 e. The fraction of sp³-hybridized carbons (Fsp3) is 0.362. The van der Waals surface area contributed by atoms with Gasteiger partial charge in [0.15, 0.2) is 0 Å². The maximum absolute atomic E-state index is 3.09. The van der Waals surface area contributed by atoms with Gasteiger partial charge in [0.25, 0.3) is 0 Å². The Labute approximate surface area is 463 Å². The molecule has 0 bridgehead atoms. The largest absolute Gasteiger partial charge is 0.0654 e. The zero-order valence-corrected chi connectivity index (χ0v) is 51.5.